The van der Waals surface area contributed by atoms with Gasteiger partial charge in [0.2, 0.25) is 5.91 Å². The van der Waals surface area contributed by atoms with Crippen LogP contribution in [-0.2, 0) is 23.9 Å². The maximum Gasteiger partial charge on any atom is 0.326 e. The third-order valence-electron chi connectivity index (χ3n) is 2.46. The van der Waals surface area contributed by atoms with Crippen molar-refractivity contribution < 1.29 is 29.0 Å². The van der Waals surface area contributed by atoms with E-state index in [1.165, 1.54) is 14.0 Å². The molecular weight excluding hydrogens is 286 g/mol. The highest BCUT2D eigenvalue weighted by atomic mass is 32.2. The average Bonchev–Trinajstić information content (AvgIpc) is 2.39. The van der Waals surface area contributed by atoms with Crippen molar-refractivity contribution in [3.8, 4) is 0 Å². The van der Waals surface area contributed by atoms with Gasteiger partial charge >= 0.3 is 11.9 Å². The van der Waals surface area contributed by atoms with Crippen molar-refractivity contribution in [1.29, 1.82) is 0 Å². The maximum atomic E-state index is 11.8. The van der Waals surface area contributed by atoms with Crippen LogP contribution in [0.25, 0.3) is 0 Å². The number of carbonyl (C=O) groups excluding carboxylic acids is 3. The van der Waals surface area contributed by atoms with Gasteiger partial charge in [0.15, 0.2) is 5.12 Å². The van der Waals surface area contributed by atoms with Crippen LogP contribution in [0.2, 0.25) is 0 Å². The molecule has 1 unspecified atom stereocenters. The van der Waals surface area contributed by atoms with Gasteiger partial charge in [-0.15, -0.1) is 0 Å². The topological polar surface area (TPSA) is 110 Å². The third-order valence-corrected chi connectivity index (χ3v) is 3.54. The summed E-state index contributed by atoms with van der Waals surface area (Å²) in [6.45, 7) is 3.00. The highest BCUT2D eigenvalue weighted by Crippen LogP contribution is 2.10. The summed E-state index contributed by atoms with van der Waals surface area (Å²) >= 11 is 1.00. The molecule has 0 saturated carbocycles. The molecule has 8 heteroatoms. The van der Waals surface area contributed by atoms with E-state index < -0.39 is 29.8 Å². The zero-order valence-corrected chi connectivity index (χ0v) is 12.5. The molecule has 0 aliphatic carbocycles. The van der Waals surface area contributed by atoms with Gasteiger partial charge in [0.1, 0.15) is 6.04 Å². The fourth-order valence-electron chi connectivity index (χ4n) is 1.25. The number of carboxylic acid groups (broad SMARTS) is 1. The van der Waals surface area contributed by atoms with Gasteiger partial charge in [-0.1, -0.05) is 18.7 Å². The number of amides is 1. The summed E-state index contributed by atoms with van der Waals surface area (Å²) in [5.41, 5.74) is 0. The highest BCUT2D eigenvalue weighted by Gasteiger charge is 2.24. The molecule has 114 valence electrons. The van der Waals surface area contributed by atoms with E-state index in [0.29, 0.717) is 0 Å². The van der Waals surface area contributed by atoms with Crippen molar-refractivity contribution in [3.05, 3.63) is 0 Å². The van der Waals surface area contributed by atoms with Gasteiger partial charge in [-0.3, -0.25) is 14.4 Å². The van der Waals surface area contributed by atoms with Crippen LogP contribution >= 0.6 is 11.8 Å². The number of ether oxygens (including phenoxy) is 1. The first-order chi connectivity index (χ1) is 9.27. The molecule has 0 rings (SSSR count). The minimum Gasteiger partial charge on any atom is -0.480 e. The Morgan fingerprint density at radius 1 is 1.30 bits per heavy atom. The molecule has 0 spiro atoms. The Kier molecular flexibility index (Phi) is 8.62. The molecule has 0 heterocycles. The zero-order chi connectivity index (χ0) is 15.7. The monoisotopic (exact) mass is 305 g/mol. The van der Waals surface area contributed by atoms with Crippen LogP contribution < -0.4 is 5.32 Å². The summed E-state index contributed by atoms with van der Waals surface area (Å²) < 4.78 is 4.41. The largest absolute Gasteiger partial charge is 0.480 e. The number of thioether (sulfide) groups is 1. The van der Waals surface area contributed by atoms with E-state index in [0.717, 1.165) is 11.8 Å². The van der Waals surface area contributed by atoms with Crippen molar-refractivity contribution in [2.45, 2.75) is 32.7 Å². The third kappa shape index (κ3) is 7.78. The van der Waals surface area contributed by atoms with Gasteiger partial charge in [0.25, 0.3) is 0 Å². The Morgan fingerprint density at radius 3 is 2.35 bits per heavy atom. The maximum absolute atomic E-state index is 11.8. The van der Waals surface area contributed by atoms with Crippen LogP contribution in [0.1, 0.15) is 26.7 Å². The number of aliphatic carboxylic acids is 1. The van der Waals surface area contributed by atoms with Gasteiger partial charge in [-0.25, -0.2) is 4.79 Å². The van der Waals surface area contributed by atoms with E-state index in [1.807, 2.05) is 0 Å². The first-order valence-corrected chi connectivity index (χ1v) is 6.99. The van der Waals surface area contributed by atoms with E-state index in [9.17, 15) is 19.2 Å². The first-order valence-electron chi connectivity index (χ1n) is 6.01. The number of esters is 1. The number of hydrogen-bond donors (Lipinski definition) is 2. The molecule has 0 aromatic rings. The second kappa shape index (κ2) is 9.35. The van der Waals surface area contributed by atoms with E-state index in [1.54, 1.807) is 6.92 Å². The molecule has 0 aliphatic heterocycles. The van der Waals surface area contributed by atoms with E-state index in [-0.39, 0.29) is 23.7 Å². The number of carboxylic acids is 1. The summed E-state index contributed by atoms with van der Waals surface area (Å²) in [4.78, 5) is 44.5. The smallest absolute Gasteiger partial charge is 0.326 e. The molecular formula is C12H19NO6S. The number of nitrogens with one attached hydrogen (secondary N) is 1. The SMILES string of the molecule is COC(=O)CC[C@H](NC(=O)C(C)CSC(C)=O)C(=O)O. The van der Waals surface area contributed by atoms with Crippen LogP contribution in [0.4, 0.5) is 0 Å². The zero-order valence-electron chi connectivity index (χ0n) is 11.7. The van der Waals surface area contributed by atoms with E-state index >= 15 is 0 Å². The molecule has 0 aromatic carbocycles. The van der Waals surface area contributed by atoms with E-state index in [2.05, 4.69) is 10.1 Å². The van der Waals surface area contributed by atoms with Crippen molar-refractivity contribution >= 4 is 34.7 Å². The summed E-state index contributed by atoms with van der Waals surface area (Å²) in [5, 5.41) is 11.2. The normalized spacial score (nSPS) is 13.2. The molecule has 2 N–H and O–H groups in total. The van der Waals surface area contributed by atoms with E-state index in [4.69, 9.17) is 5.11 Å². The molecule has 0 bridgehead atoms. The molecule has 0 saturated heterocycles. The minimum atomic E-state index is -1.21. The predicted molar refractivity (Wildman–Crippen MR) is 73.1 cm³/mol. The van der Waals surface area contributed by atoms with Crippen molar-refractivity contribution in [2.75, 3.05) is 12.9 Å². The van der Waals surface area contributed by atoms with Gasteiger partial charge in [0.05, 0.1) is 7.11 Å². The summed E-state index contributed by atoms with van der Waals surface area (Å²) in [5.74, 6) is -2.43. The Labute approximate surface area is 121 Å². The van der Waals surface area contributed by atoms with Crippen molar-refractivity contribution in [1.82, 2.24) is 5.32 Å². The number of rotatable bonds is 8. The van der Waals surface area contributed by atoms with Crippen LogP contribution in [0.5, 0.6) is 0 Å². The Balaban J connectivity index is 4.36. The van der Waals surface area contributed by atoms with Gasteiger partial charge in [-0.05, 0) is 6.42 Å². The minimum absolute atomic E-state index is 0.0414. The van der Waals surface area contributed by atoms with Gasteiger partial charge in [-0.2, -0.15) is 0 Å². The standard InChI is InChI=1S/C12H19NO6S/c1-7(6-20-8(2)14)11(16)13-9(12(17)18)4-5-10(15)19-3/h7,9H,4-6H2,1-3H3,(H,13,16)(H,17,18)/t7?,9-/m0/s1. The quantitative estimate of drug-likeness (QED) is 0.625. The molecule has 2 atom stereocenters. The van der Waals surface area contributed by atoms with Crippen LogP contribution in [0.15, 0.2) is 0 Å². The van der Waals surface area contributed by atoms with Crippen molar-refractivity contribution in [2.24, 2.45) is 5.92 Å². The number of carbonyl (C=O) groups is 4. The lowest BCUT2D eigenvalue weighted by Crippen LogP contribution is -2.43. The molecule has 20 heavy (non-hydrogen) atoms. The second-order valence-electron chi connectivity index (χ2n) is 4.22. The highest BCUT2D eigenvalue weighted by molar-refractivity contribution is 8.13. The number of hydrogen-bond acceptors (Lipinski definition) is 6. The first kappa shape index (κ1) is 18.4. The predicted octanol–water partition coefficient (Wildman–Crippen LogP) is 0.425. The van der Waals surface area contributed by atoms with Gasteiger partial charge in [0, 0.05) is 25.0 Å². The Hall–Kier alpha value is -1.57. The van der Waals surface area contributed by atoms with Crippen LogP contribution in [0.3, 0.4) is 0 Å². The lowest BCUT2D eigenvalue weighted by molar-refractivity contribution is -0.144. The molecule has 0 radical (unpaired) electrons. The molecule has 0 aliphatic rings. The van der Waals surface area contributed by atoms with Crippen LogP contribution in [0, 0.1) is 5.92 Å². The Bertz CT molecular complexity index is 384. The second-order valence-corrected chi connectivity index (χ2v) is 5.41. The molecule has 7 nitrogen and oxygen atoms in total. The van der Waals surface area contributed by atoms with Gasteiger partial charge < -0.3 is 15.2 Å². The molecule has 0 fully saturated rings. The lowest BCUT2D eigenvalue weighted by atomic mass is 10.1. The summed E-state index contributed by atoms with van der Waals surface area (Å²) in [7, 11) is 1.21. The van der Waals surface area contributed by atoms with Crippen LogP contribution in [-0.4, -0.2) is 47.0 Å². The summed E-state index contributed by atoms with van der Waals surface area (Å²) in [6.07, 6.45) is -0.134. The summed E-state index contributed by atoms with van der Waals surface area (Å²) in [6, 6.07) is -1.15. The van der Waals surface area contributed by atoms with Crippen molar-refractivity contribution in [3.63, 3.8) is 0 Å². The number of methoxy groups -OCH3 is 1. The lowest BCUT2D eigenvalue weighted by Gasteiger charge is -2.17. The molecule has 1 amide bonds. The molecule has 0 aromatic heterocycles. The fourth-order valence-corrected chi connectivity index (χ4v) is 1.89. The average molecular weight is 305 g/mol. The Morgan fingerprint density at radius 2 is 1.90 bits per heavy atom. The fraction of sp³-hybridized carbons (Fsp3) is 0.667.